The van der Waals surface area contributed by atoms with Gasteiger partial charge in [-0.3, -0.25) is 0 Å². The molecule has 0 fully saturated rings. The van der Waals surface area contributed by atoms with Gasteiger partial charge in [0.15, 0.2) is 0 Å². The lowest BCUT2D eigenvalue weighted by Crippen LogP contribution is -2.40. The Kier molecular flexibility index (Phi) is 3.29. The van der Waals surface area contributed by atoms with Gasteiger partial charge in [-0.2, -0.15) is 0 Å². The summed E-state index contributed by atoms with van der Waals surface area (Å²) in [5, 5.41) is 0. The zero-order valence-corrected chi connectivity index (χ0v) is 11.2. The summed E-state index contributed by atoms with van der Waals surface area (Å²) in [4.78, 5) is 0. The van der Waals surface area contributed by atoms with Crippen molar-refractivity contribution in [1.29, 1.82) is 0 Å². The van der Waals surface area contributed by atoms with Gasteiger partial charge in [-0.05, 0) is 63.8 Å². The maximum atomic E-state index is 5.66. The highest BCUT2D eigenvalue weighted by atomic mass is 16.5. The molecule has 0 amide bonds. The molecule has 2 rings (SSSR count). The highest BCUT2D eigenvalue weighted by molar-refractivity contribution is 5.58. The highest BCUT2D eigenvalue weighted by Gasteiger charge is 2.16. The SMILES string of the molecule is Cc1c(NNC(C)(C)C)ccc2c1CCCO2. The number of fused-ring (bicyclic) bond motifs is 1. The second-order valence-corrected chi connectivity index (χ2v) is 5.67. The molecule has 1 heterocycles. The minimum Gasteiger partial charge on any atom is -0.493 e. The van der Waals surface area contributed by atoms with Crippen molar-refractivity contribution in [1.82, 2.24) is 5.43 Å². The standard InChI is InChI=1S/C14H22N2O/c1-10-11-6-5-9-17-13(11)8-7-12(10)15-16-14(2,3)4/h7-8,15-16H,5-6,9H2,1-4H3. The Morgan fingerprint density at radius 1 is 1.24 bits per heavy atom. The van der Waals surface area contributed by atoms with Crippen LogP contribution in [0.5, 0.6) is 5.75 Å². The quantitative estimate of drug-likeness (QED) is 0.772. The van der Waals surface area contributed by atoms with Crippen molar-refractivity contribution >= 4 is 5.69 Å². The number of benzene rings is 1. The van der Waals surface area contributed by atoms with Gasteiger partial charge in [0.25, 0.3) is 0 Å². The van der Waals surface area contributed by atoms with Gasteiger partial charge in [0.05, 0.1) is 12.3 Å². The second-order valence-electron chi connectivity index (χ2n) is 5.67. The lowest BCUT2D eigenvalue weighted by molar-refractivity contribution is 0.288. The number of ether oxygens (including phenoxy) is 1. The van der Waals surface area contributed by atoms with Gasteiger partial charge in [0.1, 0.15) is 5.75 Å². The summed E-state index contributed by atoms with van der Waals surface area (Å²) in [5.41, 5.74) is 10.4. The molecule has 0 spiro atoms. The molecule has 0 bridgehead atoms. The summed E-state index contributed by atoms with van der Waals surface area (Å²) >= 11 is 0. The number of hydrogen-bond donors (Lipinski definition) is 2. The number of anilines is 1. The molecule has 0 atom stereocenters. The maximum Gasteiger partial charge on any atom is 0.122 e. The molecule has 3 heteroatoms. The monoisotopic (exact) mass is 234 g/mol. The molecule has 0 saturated heterocycles. The molecule has 0 radical (unpaired) electrons. The highest BCUT2D eigenvalue weighted by Crippen LogP contribution is 2.31. The summed E-state index contributed by atoms with van der Waals surface area (Å²) in [5.74, 6) is 1.05. The van der Waals surface area contributed by atoms with Gasteiger partial charge >= 0.3 is 0 Å². The van der Waals surface area contributed by atoms with Gasteiger partial charge in [-0.1, -0.05) is 0 Å². The molecule has 0 aromatic heterocycles. The molecule has 0 aliphatic carbocycles. The van der Waals surface area contributed by atoms with Crippen LogP contribution in [0.3, 0.4) is 0 Å². The van der Waals surface area contributed by atoms with Crippen LogP contribution in [-0.2, 0) is 6.42 Å². The number of hydrazine groups is 1. The Morgan fingerprint density at radius 2 is 2.00 bits per heavy atom. The third-order valence-corrected chi connectivity index (χ3v) is 2.96. The topological polar surface area (TPSA) is 33.3 Å². The number of nitrogens with one attached hydrogen (secondary N) is 2. The van der Waals surface area contributed by atoms with Crippen molar-refractivity contribution in [2.24, 2.45) is 0 Å². The van der Waals surface area contributed by atoms with Crippen LogP contribution in [0.25, 0.3) is 0 Å². The van der Waals surface area contributed by atoms with Crippen LogP contribution >= 0.6 is 0 Å². The average molecular weight is 234 g/mol. The van der Waals surface area contributed by atoms with Crippen LogP contribution in [0.15, 0.2) is 12.1 Å². The summed E-state index contributed by atoms with van der Waals surface area (Å²) in [7, 11) is 0. The van der Waals surface area contributed by atoms with Crippen LogP contribution in [0.1, 0.15) is 38.3 Å². The molecule has 2 N–H and O–H groups in total. The van der Waals surface area contributed by atoms with Gasteiger partial charge in [-0.15, -0.1) is 0 Å². The Bertz CT molecular complexity index is 407. The molecule has 3 nitrogen and oxygen atoms in total. The van der Waals surface area contributed by atoms with E-state index in [0.29, 0.717) is 0 Å². The zero-order valence-electron chi connectivity index (χ0n) is 11.2. The first-order valence-electron chi connectivity index (χ1n) is 6.26. The van der Waals surface area contributed by atoms with Crippen molar-refractivity contribution in [3.05, 3.63) is 23.3 Å². The molecular weight excluding hydrogens is 212 g/mol. The lowest BCUT2D eigenvalue weighted by atomic mass is 9.99. The normalized spacial score (nSPS) is 15.1. The molecule has 94 valence electrons. The number of rotatable bonds is 2. The van der Waals surface area contributed by atoms with Crippen molar-refractivity contribution in [3.63, 3.8) is 0 Å². The molecule has 0 unspecified atom stereocenters. The first-order valence-corrected chi connectivity index (χ1v) is 6.26. The van der Waals surface area contributed by atoms with E-state index in [1.54, 1.807) is 0 Å². The van der Waals surface area contributed by atoms with Gasteiger partial charge < -0.3 is 10.2 Å². The average Bonchev–Trinajstić information content (AvgIpc) is 2.27. The van der Waals surface area contributed by atoms with E-state index in [4.69, 9.17) is 4.74 Å². The molecule has 17 heavy (non-hydrogen) atoms. The van der Waals surface area contributed by atoms with Crippen LogP contribution in [0.2, 0.25) is 0 Å². The predicted molar refractivity (Wildman–Crippen MR) is 71.5 cm³/mol. The van der Waals surface area contributed by atoms with Gasteiger partial charge in [0.2, 0.25) is 0 Å². The van der Waals surface area contributed by atoms with Crippen LogP contribution < -0.4 is 15.6 Å². The van der Waals surface area contributed by atoms with Crippen molar-refractivity contribution in [2.45, 2.75) is 46.1 Å². The molecule has 0 saturated carbocycles. The van der Waals surface area contributed by atoms with Crippen molar-refractivity contribution in [3.8, 4) is 5.75 Å². The minimum atomic E-state index is 0.0544. The Balaban J connectivity index is 2.19. The molecule has 1 aromatic rings. The predicted octanol–water partition coefficient (Wildman–Crippen LogP) is 3.04. The molecule has 1 aliphatic heterocycles. The smallest absolute Gasteiger partial charge is 0.122 e. The van der Waals surface area contributed by atoms with E-state index in [0.717, 1.165) is 30.9 Å². The van der Waals surface area contributed by atoms with Gasteiger partial charge in [0, 0.05) is 5.54 Å². The van der Waals surface area contributed by atoms with E-state index in [1.165, 1.54) is 11.1 Å². The van der Waals surface area contributed by atoms with Crippen LogP contribution in [0.4, 0.5) is 5.69 Å². The summed E-state index contributed by atoms with van der Waals surface area (Å²) < 4.78 is 5.66. The summed E-state index contributed by atoms with van der Waals surface area (Å²) in [6.07, 6.45) is 2.23. The van der Waals surface area contributed by atoms with E-state index >= 15 is 0 Å². The van der Waals surface area contributed by atoms with E-state index in [-0.39, 0.29) is 5.54 Å². The molecule has 1 aliphatic rings. The zero-order chi connectivity index (χ0) is 12.5. The maximum absolute atomic E-state index is 5.66. The Hall–Kier alpha value is -1.22. The van der Waals surface area contributed by atoms with E-state index in [9.17, 15) is 0 Å². The second kappa shape index (κ2) is 4.57. The van der Waals surface area contributed by atoms with Crippen LogP contribution in [0, 0.1) is 6.92 Å². The summed E-state index contributed by atoms with van der Waals surface area (Å²) in [6.45, 7) is 9.41. The first kappa shape index (κ1) is 12.2. The van der Waals surface area contributed by atoms with E-state index < -0.39 is 0 Å². The minimum absolute atomic E-state index is 0.0544. The van der Waals surface area contributed by atoms with E-state index in [2.05, 4.69) is 50.7 Å². The lowest BCUT2D eigenvalue weighted by Gasteiger charge is -2.25. The third-order valence-electron chi connectivity index (χ3n) is 2.96. The van der Waals surface area contributed by atoms with Gasteiger partial charge in [-0.25, -0.2) is 5.43 Å². The first-order chi connectivity index (χ1) is 7.97. The largest absolute Gasteiger partial charge is 0.493 e. The third kappa shape index (κ3) is 2.91. The fraction of sp³-hybridized carbons (Fsp3) is 0.571. The number of hydrogen-bond acceptors (Lipinski definition) is 3. The molecule has 1 aromatic carbocycles. The van der Waals surface area contributed by atoms with E-state index in [1.807, 2.05) is 0 Å². The fourth-order valence-corrected chi connectivity index (χ4v) is 2.00. The van der Waals surface area contributed by atoms with Crippen molar-refractivity contribution < 1.29 is 4.74 Å². The van der Waals surface area contributed by atoms with Crippen molar-refractivity contribution in [2.75, 3.05) is 12.0 Å². The fourth-order valence-electron chi connectivity index (χ4n) is 2.00. The summed E-state index contributed by atoms with van der Waals surface area (Å²) in [6, 6.07) is 4.15. The van der Waals surface area contributed by atoms with Crippen LogP contribution in [-0.4, -0.2) is 12.1 Å². The Morgan fingerprint density at radius 3 is 2.71 bits per heavy atom. The molecular formula is C14H22N2O. The Labute approximate surface area is 104 Å².